The lowest BCUT2D eigenvalue weighted by atomic mass is 10.2. The molecule has 7 heteroatoms. The van der Waals surface area contributed by atoms with E-state index in [4.69, 9.17) is 14.9 Å². The van der Waals surface area contributed by atoms with Crippen molar-refractivity contribution in [3.05, 3.63) is 0 Å². The number of carbonyl (C=O) groups excluding carboxylic acids is 1. The van der Waals surface area contributed by atoms with Gasteiger partial charge < -0.3 is 25.6 Å². The van der Waals surface area contributed by atoms with Crippen molar-refractivity contribution in [2.24, 2.45) is 0 Å². The molecule has 0 aromatic heterocycles. The molecule has 0 aliphatic rings. The molecule has 16 heavy (non-hydrogen) atoms. The number of ether oxygens (including phenoxy) is 1. The van der Waals surface area contributed by atoms with Gasteiger partial charge in [-0.05, 0) is 6.92 Å². The van der Waals surface area contributed by atoms with Crippen LogP contribution < -0.4 is 10.6 Å². The number of nitrogens with one attached hydrogen (secondary N) is 2. The maximum absolute atomic E-state index is 11.1. The summed E-state index contributed by atoms with van der Waals surface area (Å²) < 4.78 is 5.00. The number of carboxylic acid groups (broad SMARTS) is 1. The number of aliphatic hydroxyl groups excluding tert-OH is 1. The van der Waals surface area contributed by atoms with E-state index in [0.29, 0.717) is 19.8 Å². The van der Waals surface area contributed by atoms with Crippen LogP contribution in [0.15, 0.2) is 0 Å². The lowest BCUT2D eigenvalue weighted by molar-refractivity contribution is -0.146. The summed E-state index contributed by atoms with van der Waals surface area (Å²) >= 11 is 0. The Hall–Kier alpha value is -1.34. The Morgan fingerprint density at radius 2 is 1.94 bits per heavy atom. The molecule has 0 fully saturated rings. The lowest BCUT2D eigenvalue weighted by Gasteiger charge is -2.08. The van der Waals surface area contributed by atoms with Crippen LogP contribution in [0.25, 0.3) is 0 Å². The minimum atomic E-state index is -1.44. The number of urea groups is 1. The molecule has 0 aromatic carbocycles. The third-order valence-corrected chi connectivity index (χ3v) is 1.72. The van der Waals surface area contributed by atoms with Crippen molar-refractivity contribution in [2.45, 2.75) is 19.4 Å². The molecular formula is C9H18N2O5. The maximum atomic E-state index is 11.1. The van der Waals surface area contributed by atoms with Gasteiger partial charge in [-0.15, -0.1) is 0 Å². The quantitative estimate of drug-likeness (QED) is 0.409. The van der Waals surface area contributed by atoms with Gasteiger partial charge in [-0.1, -0.05) is 0 Å². The number of amides is 2. The first kappa shape index (κ1) is 14.7. The summed E-state index contributed by atoms with van der Waals surface area (Å²) in [6.45, 7) is 3.37. The van der Waals surface area contributed by atoms with Crippen molar-refractivity contribution in [3.8, 4) is 0 Å². The minimum absolute atomic E-state index is 0.0196. The maximum Gasteiger partial charge on any atom is 0.332 e. The van der Waals surface area contributed by atoms with Gasteiger partial charge in [0.2, 0.25) is 0 Å². The second kappa shape index (κ2) is 8.93. The Labute approximate surface area is 93.8 Å². The molecular weight excluding hydrogens is 216 g/mol. The summed E-state index contributed by atoms with van der Waals surface area (Å²) in [5.41, 5.74) is 0. The fraction of sp³-hybridized carbons (Fsp3) is 0.778. The fourth-order valence-corrected chi connectivity index (χ4v) is 0.889. The molecule has 0 radical (unpaired) electrons. The van der Waals surface area contributed by atoms with Crippen LogP contribution >= 0.6 is 0 Å². The van der Waals surface area contributed by atoms with E-state index < -0.39 is 18.1 Å². The highest BCUT2D eigenvalue weighted by Crippen LogP contribution is 1.88. The predicted molar refractivity (Wildman–Crippen MR) is 56.2 cm³/mol. The van der Waals surface area contributed by atoms with Gasteiger partial charge in [0.15, 0.2) is 6.10 Å². The molecule has 4 N–H and O–H groups in total. The lowest BCUT2D eigenvalue weighted by Crippen LogP contribution is -2.39. The first-order valence-corrected chi connectivity index (χ1v) is 5.08. The van der Waals surface area contributed by atoms with E-state index in [0.717, 1.165) is 0 Å². The van der Waals surface area contributed by atoms with E-state index in [2.05, 4.69) is 10.6 Å². The standard InChI is InChI=1S/C9H18N2O5/c1-2-16-6-5-11-9(15)10-4-3-7(12)8(13)14/h7,12H,2-6H2,1H3,(H,13,14)(H2,10,11,15). The molecule has 94 valence electrons. The number of aliphatic hydroxyl groups is 1. The van der Waals surface area contributed by atoms with Gasteiger partial charge in [-0.25, -0.2) is 9.59 Å². The van der Waals surface area contributed by atoms with Gasteiger partial charge in [0.1, 0.15) is 0 Å². The molecule has 0 saturated carbocycles. The average Bonchev–Trinajstić information content (AvgIpc) is 2.24. The normalized spacial score (nSPS) is 11.9. The van der Waals surface area contributed by atoms with Crippen molar-refractivity contribution in [2.75, 3.05) is 26.3 Å². The number of hydrogen-bond donors (Lipinski definition) is 4. The highest BCUT2D eigenvalue weighted by molar-refractivity contribution is 5.74. The number of carboxylic acids is 1. The van der Waals surface area contributed by atoms with Crippen LogP contribution in [0, 0.1) is 0 Å². The summed E-state index contributed by atoms with van der Waals surface area (Å²) in [7, 11) is 0. The van der Waals surface area contributed by atoms with Crippen molar-refractivity contribution >= 4 is 12.0 Å². The van der Waals surface area contributed by atoms with Gasteiger partial charge >= 0.3 is 12.0 Å². The smallest absolute Gasteiger partial charge is 0.332 e. The average molecular weight is 234 g/mol. The Morgan fingerprint density at radius 3 is 2.50 bits per heavy atom. The van der Waals surface area contributed by atoms with Crippen molar-refractivity contribution in [3.63, 3.8) is 0 Å². The number of carbonyl (C=O) groups is 2. The zero-order chi connectivity index (χ0) is 12.4. The summed E-state index contributed by atoms with van der Waals surface area (Å²) in [5, 5.41) is 22.2. The molecule has 0 saturated heterocycles. The topological polar surface area (TPSA) is 108 Å². The molecule has 2 amide bonds. The van der Waals surface area contributed by atoms with Gasteiger partial charge in [0.05, 0.1) is 6.61 Å². The van der Waals surface area contributed by atoms with E-state index >= 15 is 0 Å². The van der Waals surface area contributed by atoms with Crippen LogP contribution in [-0.2, 0) is 9.53 Å². The third-order valence-electron chi connectivity index (χ3n) is 1.72. The molecule has 0 bridgehead atoms. The van der Waals surface area contributed by atoms with Gasteiger partial charge in [-0.2, -0.15) is 0 Å². The molecule has 1 unspecified atom stereocenters. The molecule has 1 atom stereocenters. The van der Waals surface area contributed by atoms with E-state index in [-0.39, 0.29) is 13.0 Å². The number of aliphatic carboxylic acids is 1. The van der Waals surface area contributed by atoms with Gasteiger partial charge in [-0.3, -0.25) is 0 Å². The van der Waals surface area contributed by atoms with E-state index in [9.17, 15) is 9.59 Å². The molecule has 0 aliphatic carbocycles. The van der Waals surface area contributed by atoms with Crippen LogP contribution in [0.5, 0.6) is 0 Å². The first-order valence-electron chi connectivity index (χ1n) is 5.08. The second-order valence-electron chi connectivity index (χ2n) is 3.02. The van der Waals surface area contributed by atoms with Crippen molar-refractivity contribution < 1.29 is 24.5 Å². The minimum Gasteiger partial charge on any atom is -0.479 e. The predicted octanol–water partition coefficient (Wildman–Crippen LogP) is -0.842. The largest absolute Gasteiger partial charge is 0.479 e. The van der Waals surface area contributed by atoms with Crippen LogP contribution in [0.1, 0.15) is 13.3 Å². The highest BCUT2D eigenvalue weighted by atomic mass is 16.5. The van der Waals surface area contributed by atoms with Crippen molar-refractivity contribution in [1.29, 1.82) is 0 Å². The molecule has 0 rings (SSSR count). The number of hydrogen-bond acceptors (Lipinski definition) is 4. The Morgan fingerprint density at radius 1 is 1.31 bits per heavy atom. The van der Waals surface area contributed by atoms with E-state index in [1.54, 1.807) is 0 Å². The second-order valence-corrected chi connectivity index (χ2v) is 3.02. The van der Waals surface area contributed by atoms with Crippen LogP contribution in [0.4, 0.5) is 4.79 Å². The molecule has 0 aliphatic heterocycles. The Bertz CT molecular complexity index is 222. The Balaban J connectivity index is 3.40. The number of rotatable bonds is 8. The fourth-order valence-electron chi connectivity index (χ4n) is 0.889. The molecule has 7 nitrogen and oxygen atoms in total. The molecule has 0 aromatic rings. The summed E-state index contributed by atoms with van der Waals surface area (Å²) in [5.74, 6) is -1.29. The third kappa shape index (κ3) is 8.01. The summed E-state index contributed by atoms with van der Waals surface area (Å²) in [6.07, 6.45) is -1.46. The van der Waals surface area contributed by atoms with Gasteiger partial charge in [0.25, 0.3) is 0 Å². The zero-order valence-electron chi connectivity index (χ0n) is 9.23. The first-order chi connectivity index (χ1) is 7.57. The highest BCUT2D eigenvalue weighted by Gasteiger charge is 2.12. The van der Waals surface area contributed by atoms with E-state index in [1.807, 2.05) is 6.92 Å². The van der Waals surface area contributed by atoms with E-state index in [1.165, 1.54) is 0 Å². The van der Waals surface area contributed by atoms with Crippen LogP contribution in [0.3, 0.4) is 0 Å². The van der Waals surface area contributed by atoms with Crippen LogP contribution in [0.2, 0.25) is 0 Å². The molecule has 0 heterocycles. The van der Waals surface area contributed by atoms with Crippen molar-refractivity contribution in [1.82, 2.24) is 10.6 Å². The molecule has 0 spiro atoms. The monoisotopic (exact) mass is 234 g/mol. The Kier molecular flexibility index (Phi) is 8.18. The van der Waals surface area contributed by atoms with Crippen LogP contribution in [-0.4, -0.2) is 54.6 Å². The zero-order valence-corrected chi connectivity index (χ0v) is 9.23. The van der Waals surface area contributed by atoms with Gasteiger partial charge in [0, 0.05) is 26.1 Å². The summed E-state index contributed by atoms with van der Waals surface area (Å²) in [6, 6.07) is -0.405. The summed E-state index contributed by atoms with van der Waals surface area (Å²) in [4.78, 5) is 21.3. The SMILES string of the molecule is CCOCCNC(=O)NCCC(O)C(=O)O.